The first kappa shape index (κ1) is 15.6. The Morgan fingerprint density at radius 3 is 2.45 bits per heavy atom. The smallest absolute Gasteiger partial charge is 0.211 e. The molecule has 1 aliphatic heterocycles. The first-order valence-corrected chi connectivity index (χ1v) is 8.77. The summed E-state index contributed by atoms with van der Waals surface area (Å²) >= 11 is 6.08. The maximum atomic E-state index is 11.5. The van der Waals surface area contributed by atoms with E-state index in [0.717, 1.165) is 12.2 Å². The van der Waals surface area contributed by atoms with Gasteiger partial charge in [0, 0.05) is 43.4 Å². The fourth-order valence-electron chi connectivity index (χ4n) is 2.43. The van der Waals surface area contributed by atoms with E-state index < -0.39 is 10.0 Å². The van der Waals surface area contributed by atoms with E-state index in [1.165, 1.54) is 16.1 Å². The van der Waals surface area contributed by atoms with Crippen molar-refractivity contribution in [2.45, 2.75) is 6.54 Å². The van der Waals surface area contributed by atoms with Crippen LogP contribution in [0, 0.1) is 0 Å². The highest BCUT2D eigenvalue weighted by Gasteiger charge is 2.24. The molecular weight excluding hydrogens is 298 g/mol. The van der Waals surface area contributed by atoms with Crippen LogP contribution < -0.4 is 10.2 Å². The van der Waals surface area contributed by atoms with Gasteiger partial charge in [-0.1, -0.05) is 17.7 Å². The minimum Gasteiger partial charge on any atom is -0.369 e. The largest absolute Gasteiger partial charge is 0.369 e. The molecule has 0 bridgehead atoms. The second-order valence-corrected chi connectivity index (χ2v) is 7.37. The van der Waals surface area contributed by atoms with Crippen molar-refractivity contribution in [3.8, 4) is 0 Å². The number of anilines is 1. The molecule has 0 radical (unpaired) electrons. The Labute approximate surface area is 125 Å². The lowest BCUT2D eigenvalue weighted by molar-refractivity contribution is 0.387. The number of sulfonamides is 1. The lowest BCUT2D eigenvalue weighted by Gasteiger charge is -2.35. The zero-order chi connectivity index (χ0) is 14.8. The molecule has 5 nitrogen and oxygen atoms in total. The van der Waals surface area contributed by atoms with Crippen molar-refractivity contribution in [2.75, 3.05) is 44.4 Å². The summed E-state index contributed by atoms with van der Waals surface area (Å²) < 4.78 is 24.6. The quantitative estimate of drug-likeness (QED) is 0.905. The number of hydrogen-bond donors (Lipinski definition) is 1. The molecule has 7 heteroatoms. The highest BCUT2D eigenvalue weighted by Crippen LogP contribution is 2.26. The molecule has 0 spiro atoms. The standard InChI is InChI=1S/C13H20ClN3O2S/c1-15-10-11-3-4-12(14)9-13(11)16-5-7-17(8-6-16)20(2,18)19/h3-4,9,15H,5-8,10H2,1-2H3. The van der Waals surface area contributed by atoms with Gasteiger partial charge in [-0.3, -0.25) is 0 Å². The molecule has 0 atom stereocenters. The minimum atomic E-state index is -3.09. The monoisotopic (exact) mass is 317 g/mol. The van der Waals surface area contributed by atoms with Crippen LogP contribution in [0.5, 0.6) is 0 Å². The van der Waals surface area contributed by atoms with Crippen LogP contribution >= 0.6 is 11.6 Å². The third-order valence-corrected chi connectivity index (χ3v) is 5.00. The van der Waals surface area contributed by atoms with Crippen molar-refractivity contribution < 1.29 is 8.42 Å². The van der Waals surface area contributed by atoms with Gasteiger partial charge in [0.2, 0.25) is 10.0 Å². The first-order chi connectivity index (χ1) is 9.41. The Hall–Kier alpha value is -0.820. The number of piperazine rings is 1. The highest BCUT2D eigenvalue weighted by atomic mass is 35.5. The zero-order valence-corrected chi connectivity index (χ0v) is 13.3. The average Bonchev–Trinajstić information content (AvgIpc) is 2.40. The van der Waals surface area contributed by atoms with Crippen LogP contribution in [0.25, 0.3) is 0 Å². The molecule has 0 saturated carbocycles. The molecule has 1 fully saturated rings. The van der Waals surface area contributed by atoms with Gasteiger partial charge in [0.25, 0.3) is 0 Å². The SMILES string of the molecule is CNCc1ccc(Cl)cc1N1CCN(S(C)(=O)=O)CC1. The van der Waals surface area contributed by atoms with Crippen molar-refractivity contribution in [1.29, 1.82) is 0 Å². The van der Waals surface area contributed by atoms with Gasteiger partial charge in [-0.2, -0.15) is 4.31 Å². The average molecular weight is 318 g/mol. The van der Waals surface area contributed by atoms with Crippen LogP contribution in [0.2, 0.25) is 5.02 Å². The number of halogens is 1. The summed E-state index contributed by atoms with van der Waals surface area (Å²) in [6, 6.07) is 5.84. The van der Waals surface area contributed by atoms with Crippen LogP contribution in [-0.4, -0.2) is 52.2 Å². The summed E-state index contributed by atoms with van der Waals surface area (Å²) in [6.45, 7) is 3.17. The van der Waals surface area contributed by atoms with E-state index in [2.05, 4.69) is 10.2 Å². The molecular formula is C13H20ClN3O2S. The molecule has 1 saturated heterocycles. The molecule has 0 aliphatic carbocycles. The van der Waals surface area contributed by atoms with E-state index in [1.807, 2.05) is 25.2 Å². The van der Waals surface area contributed by atoms with E-state index in [9.17, 15) is 8.42 Å². The zero-order valence-electron chi connectivity index (χ0n) is 11.8. The van der Waals surface area contributed by atoms with Gasteiger partial charge in [0.15, 0.2) is 0 Å². The van der Waals surface area contributed by atoms with Gasteiger partial charge in [0.05, 0.1) is 6.26 Å². The van der Waals surface area contributed by atoms with E-state index in [4.69, 9.17) is 11.6 Å². The topological polar surface area (TPSA) is 52.6 Å². The van der Waals surface area contributed by atoms with E-state index in [1.54, 1.807) is 0 Å². The molecule has 1 heterocycles. The fourth-order valence-corrected chi connectivity index (χ4v) is 3.42. The summed E-state index contributed by atoms with van der Waals surface area (Å²) in [4.78, 5) is 2.19. The van der Waals surface area contributed by atoms with Gasteiger partial charge in [-0.05, 0) is 24.7 Å². The van der Waals surface area contributed by atoms with Gasteiger partial charge >= 0.3 is 0 Å². The van der Waals surface area contributed by atoms with Gasteiger partial charge in [-0.15, -0.1) is 0 Å². The normalized spacial score (nSPS) is 17.4. The van der Waals surface area contributed by atoms with Crippen molar-refractivity contribution in [1.82, 2.24) is 9.62 Å². The number of rotatable bonds is 4. The van der Waals surface area contributed by atoms with Gasteiger partial charge in [-0.25, -0.2) is 8.42 Å². The predicted octanol–water partition coefficient (Wildman–Crippen LogP) is 1.14. The maximum absolute atomic E-state index is 11.5. The third-order valence-electron chi connectivity index (χ3n) is 3.46. The lowest BCUT2D eigenvalue weighted by atomic mass is 10.1. The van der Waals surface area contributed by atoms with Crippen molar-refractivity contribution in [3.05, 3.63) is 28.8 Å². The summed E-state index contributed by atoms with van der Waals surface area (Å²) in [5, 5.41) is 3.84. The van der Waals surface area contributed by atoms with E-state index in [-0.39, 0.29) is 0 Å². The Morgan fingerprint density at radius 2 is 1.90 bits per heavy atom. The second kappa shape index (κ2) is 6.30. The van der Waals surface area contributed by atoms with Crippen LogP contribution in [-0.2, 0) is 16.6 Å². The second-order valence-electron chi connectivity index (χ2n) is 4.95. The minimum absolute atomic E-state index is 0.518. The van der Waals surface area contributed by atoms with Gasteiger partial charge < -0.3 is 10.2 Å². The summed E-state index contributed by atoms with van der Waals surface area (Å²) in [5.41, 5.74) is 2.25. The molecule has 0 amide bonds. The Morgan fingerprint density at radius 1 is 1.25 bits per heavy atom. The number of nitrogens with one attached hydrogen (secondary N) is 1. The molecule has 1 N–H and O–H groups in total. The van der Waals surface area contributed by atoms with E-state index in [0.29, 0.717) is 31.2 Å². The fraction of sp³-hybridized carbons (Fsp3) is 0.538. The summed E-state index contributed by atoms with van der Waals surface area (Å²) in [7, 11) is -1.19. The van der Waals surface area contributed by atoms with Crippen molar-refractivity contribution >= 4 is 27.3 Å². The number of hydrogen-bond acceptors (Lipinski definition) is 4. The Bertz CT molecular complexity index is 569. The highest BCUT2D eigenvalue weighted by molar-refractivity contribution is 7.88. The third kappa shape index (κ3) is 3.63. The van der Waals surface area contributed by atoms with E-state index >= 15 is 0 Å². The molecule has 1 aliphatic rings. The van der Waals surface area contributed by atoms with Gasteiger partial charge in [0.1, 0.15) is 0 Å². The molecule has 20 heavy (non-hydrogen) atoms. The van der Waals surface area contributed by atoms with Crippen LogP contribution in [0.15, 0.2) is 18.2 Å². The maximum Gasteiger partial charge on any atom is 0.211 e. The predicted molar refractivity (Wildman–Crippen MR) is 82.8 cm³/mol. The molecule has 1 aromatic rings. The molecule has 0 unspecified atom stereocenters. The first-order valence-electron chi connectivity index (χ1n) is 6.55. The Kier molecular flexibility index (Phi) is 4.90. The summed E-state index contributed by atoms with van der Waals surface area (Å²) in [6.07, 6.45) is 1.26. The molecule has 0 aromatic heterocycles. The molecule has 112 valence electrons. The number of nitrogens with zero attached hydrogens (tertiary/aromatic N) is 2. The van der Waals surface area contributed by atoms with Crippen LogP contribution in [0.1, 0.15) is 5.56 Å². The lowest BCUT2D eigenvalue weighted by Crippen LogP contribution is -2.48. The number of benzene rings is 1. The summed E-state index contributed by atoms with van der Waals surface area (Å²) in [5.74, 6) is 0. The van der Waals surface area contributed by atoms with Crippen LogP contribution in [0.3, 0.4) is 0 Å². The molecule has 1 aromatic carbocycles. The Balaban J connectivity index is 2.16. The van der Waals surface area contributed by atoms with Crippen molar-refractivity contribution in [3.63, 3.8) is 0 Å². The molecule has 2 rings (SSSR count). The van der Waals surface area contributed by atoms with Crippen LogP contribution in [0.4, 0.5) is 5.69 Å². The van der Waals surface area contributed by atoms with Crippen molar-refractivity contribution in [2.24, 2.45) is 0 Å².